The third kappa shape index (κ3) is 4.22. The van der Waals surface area contributed by atoms with Crippen LogP contribution in [0, 0.1) is 5.92 Å². The number of nitrogens with zero attached hydrogens (tertiary/aromatic N) is 3. The van der Waals surface area contributed by atoms with E-state index >= 15 is 0 Å². The number of carbonyl (C=O) groups is 2. The van der Waals surface area contributed by atoms with E-state index in [4.69, 9.17) is 0 Å². The predicted molar refractivity (Wildman–Crippen MR) is 108 cm³/mol. The van der Waals surface area contributed by atoms with Crippen LogP contribution in [-0.4, -0.2) is 48.5 Å². The molecule has 2 atom stereocenters. The fourth-order valence-corrected chi connectivity index (χ4v) is 5.06. The van der Waals surface area contributed by atoms with Crippen molar-refractivity contribution in [3.63, 3.8) is 0 Å². The maximum Gasteiger partial charge on any atom is 0.228 e. The number of amides is 2. The molecule has 1 saturated heterocycles. The molecule has 2 aliphatic rings. The quantitative estimate of drug-likeness (QED) is 0.748. The van der Waals surface area contributed by atoms with Gasteiger partial charge in [-0.2, -0.15) is 0 Å². The highest BCUT2D eigenvalue weighted by Crippen LogP contribution is 2.28. The van der Waals surface area contributed by atoms with Crippen LogP contribution >= 0.6 is 0 Å². The standard InChI is InChI=1S/C21H21N3O4S/c25-20-12-17(14-23(20)18-4-2-1-3-5-18)21(26)24(13-16-6-9-22-10-7-16)19-8-11-29(27,28)15-19/h1-11,17,19H,12-15H2. The molecule has 3 heterocycles. The molecule has 0 saturated carbocycles. The van der Waals surface area contributed by atoms with Gasteiger partial charge in [0.05, 0.1) is 17.7 Å². The van der Waals surface area contributed by atoms with Gasteiger partial charge in [0.2, 0.25) is 11.8 Å². The van der Waals surface area contributed by atoms with E-state index in [9.17, 15) is 18.0 Å². The van der Waals surface area contributed by atoms with Gasteiger partial charge >= 0.3 is 0 Å². The summed E-state index contributed by atoms with van der Waals surface area (Å²) in [5.74, 6) is -0.957. The Balaban J connectivity index is 1.56. The van der Waals surface area contributed by atoms with E-state index in [1.807, 2.05) is 30.3 Å². The Hall–Kier alpha value is -3.00. The molecule has 7 nitrogen and oxygen atoms in total. The highest BCUT2D eigenvalue weighted by atomic mass is 32.2. The van der Waals surface area contributed by atoms with Crippen LogP contribution in [0.3, 0.4) is 0 Å². The first-order valence-electron chi connectivity index (χ1n) is 9.39. The van der Waals surface area contributed by atoms with Crippen LogP contribution in [0.2, 0.25) is 0 Å². The van der Waals surface area contributed by atoms with E-state index in [2.05, 4.69) is 4.98 Å². The molecule has 4 rings (SSSR count). The van der Waals surface area contributed by atoms with Crippen molar-refractivity contribution in [2.75, 3.05) is 17.2 Å². The van der Waals surface area contributed by atoms with Crippen molar-refractivity contribution in [1.82, 2.24) is 9.88 Å². The monoisotopic (exact) mass is 411 g/mol. The molecule has 2 amide bonds. The number of para-hydroxylation sites is 1. The fraction of sp³-hybridized carbons (Fsp3) is 0.286. The summed E-state index contributed by atoms with van der Waals surface area (Å²) in [4.78, 5) is 33.1. The number of benzene rings is 1. The Morgan fingerprint density at radius 2 is 1.86 bits per heavy atom. The summed E-state index contributed by atoms with van der Waals surface area (Å²) in [5, 5.41) is 1.17. The molecule has 2 unspecified atom stereocenters. The molecule has 0 bridgehead atoms. The fourth-order valence-electron chi connectivity index (χ4n) is 3.76. The molecule has 0 radical (unpaired) electrons. The number of aromatic nitrogens is 1. The Morgan fingerprint density at radius 3 is 2.52 bits per heavy atom. The SMILES string of the molecule is O=C1CC(C(=O)N(Cc2ccncc2)C2C=CS(=O)(=O)C2)CN1c1ccccc1. The summed E-state index contributed by atoms with van der Waals surface area (Å²) in [6.45, 7) is 0.555. The molecular formula is C21H21N3O4S. The van der Waals surface area contributed by atoms with Crippen molar-refractivity contribution in [2.24, 2.45) is 5.92 Å². The van der Waals surface area contributed by atoms with Gasteiger partial charge in [0.1, 0.15) is 0 Å². The minimum absolute atomic E-state index is 0.104. The normalized spacial score (nSPS) is 22.8. The summed E-state index contributed by atoms with van der Waals surface area (Å²) < 4.78 is 23.9. The van der Waals surface area contributed by atoms with Crippen LogP contribution in [-0.2, 0) is 26.0 Å². The largest absolute Gasteiger partial charge is 0.331 e. The molecule has 1 aromatic carbocycles. The molecule has 29 heavy (non-hydrogen) atoms. The smallest absolute Gasteiger partial charge is 0.228 e. The topological polar surface area (TPSA) is 87.6 Å². The first-order chi connectivity index (χ1) is 13.9. The lowest BCUT2D eigenvalue weighted by molar-refractivity contribution is -0.137. The van der Waals surface area contributed by atoms with Gasteiger partial charge in [0.15, 0.2) is 9.84 Å². The third-order valence-corrected chi connectivity index (χ3v) is 6.62. The van der Waals surface area contributed by atoms with E-state index in [0.29, 0.717) is 0 Å². The van der Waals surface area contributed by atoms with Crippen molar-refractivity contribution >= 4 is 27.3 Å². The van der Waals surface area contributed by atoms with Crippen molar-refractivity contribution in [1.29, 1.82) is 0 Å². The van der Waals surface area contributed by atoms with Crippen LogP contribution in [0.5, 0.6) is 0 Å². The summed E-state index contributed by atoms with van der Waals surface area (Å²) in [6.07, 6.45) is 4.94. The average molecular weight is 411 g/mol. The number of anilines is 1. The van der Waals surface area contributed by atoms with Gasteiger partial charge in [-0.3, -0.25) is 14.6 Å². The van der Waals surface area contributed by atoms with E-state index in [0.717, 1.165) is 11.3 Å². The second-order valence-electron chi connectivity index (χ2n) is 7.29. The van der Waals surface area contributed by atoms with Gasteiger partial charge in [-0.25, -0.2) is 8.42 Å². The molecule has 2 aliphatic heterocycles. The minimum Gasteiger partial charge on any atom is -0.331 e. The molecule has 0 spiro atoms. The zero-order chi connectivity index (χ0) is 20.4. The van der Waals surface area contributed by atoms with Crippen LogP contribution in [0.4, 0.5) is 5.69 Å². The maximum absolute atomic E-state index is 13.4. The Morgan fingerprint density at radius 1 is 1.14 bits per heavy atom. The van der Waals surface area contributed by atoms with E-state index in [1.165, 1.54) is 5.41 Å². The highest BCUT2D eigenvalue weighted by Gasteiger charge is 2.40. The Kier molecular flexibility index (Phi) is 5.19. The molecular weight excluding hydrogens is 390 g/mol. The van der Waals surface area contributed by atoms with Crippen molar-refractivity contribution in [3.05, 3.63) is 71.9 Å². The van der Waals surface area contributed by atoms with E-state index in [-0.39, 0.29) is 37.1 Å². The first-order valence-corrected chi connectivity index (χ1v) is 11.1. The first kappa shape index (κ1) is 19.3. The van der Waals surface area contributed by atoms with Crippen LogP contribution < -0.4 is 4.90 Å². The molecule has 8 heteroatoms. The second-order valence-corrected chi connectivity index (χ2v) is 9.22. The van der Waals surface area contributed by atoms with Gasteiger partial charge in [-0.05, 0) is 35.9 Å². The highest BCUT2D eigenvalue weighted by molar-refractivity contribution is 7.94. The molecule has 0 aliphatic carbocycles. The van der Waals surface area contributed by atoms with E-state index < -0.39 is 21.8 Å². The average Bonchev–Trinajstić information content (AvgIpc) is 3.29. The van der Waals surface area contributed by atoms with Crippen LogP contribution in [0.15, 0.2) is 66.3 Å². The number of carbonyl (C=O) groups excluding carboxylic acids is 2. The van der Waals surface area contributed by atoms with Crippen LogP contribution in [0.25, 0.3) is 0 Å². The lowest BCUT2D eigenvalue weighted by atomic mass is 10.0. The molecule has 0 N–H and O–H groups in total. The van der Waals surface area contributed by atoms with Crippen molar-refractivity contribution in [3.8, 4) is 0 Å². The van der Waals surface area contributed by atoms with Crippen LogP contribution in [0.1, 0.15) is 12.0 Å². The van der Waals surface area contributed by atoms with Gasteiger partial charge in [0.25, 0.3) is 0 Å². The summed E-state index contributed by atoms with van der Waals surface area (Å²) in [6, 6.07) is 12.3. The number of rotatable bonds is 5. The van der Waals surface area contributed by atoms with Gasteiger partial charge in [-0.1, -0.05) is 18.2 Å². The Labute approximate surface area is 169 Å². The molecule has 1 aromatic heterocycles. The Bertz CT molecular complexity index is 1040. The lowest BCUT2D eigenvalue weighted by Gasteiger charge is -2.30. The maximum atomic E-state index is 13.4. The summed E-state index contributed by atoms with van der Waals surface area (Å²) in [5.41, 5.74) is 1.62. The second kappa shape index (κ2) is 7.79. The van der Waals surface area contributed by atoms with Gasteiger partial charge < -0.3 is 9.80 Å². The number of pyridine rings is 1. The minimum atomic E-state index is -3.32. The van der Waals surface area contributed by atoms with E-state index in [1.54, 1.807) is 40.4 Å². The molecule has 1 fully saturated rings. The lowest BCUT2D eigenvalue weighted by Crippen LogP contribution is -2.44. The van der Waals surface area contributed by atoms with Gasteiger partial charge in [0, 0.05) is 43.0 Å². The number of hydrogen-bond acceptors (Lipinski definition) is 5. The third-order valence-electron chi connectivity index (χ3n) is 5.24. The zero-order valence-electron chi connectivity index (χ0n) is 15.7. The summed E-state index contributed by atoms with van der Waals surface area (Å²) in [7, 11) is -3.32. The number of hydrogen-bond donors (Lipinski definition) is 0. The molecule has 2 aromatic rings. The van der Waals surface area contributed by atoms with Crippen molar-refractivity contribution in [2.45, 2.75) is 19.0 Å². The number of sulfone groups is 1. The zero-order valence-corrected chi connectivity index (χ0v) is 16.5. The molecule has 150 valence electrons. The van der Waals surface area contributed by atoms with Gasteiger partial charge in [-0.15, -0.1) is 0 Å². The van der Waals surface area contributed by atoms with Crippen molar-refractivity contribution < 1.29 is 18.0 Å². The summed E-state index contributed by atoms with van der Waals surface area (Å²) >= 11 is 0. The predicted octanol–water partition coefficient (Wildman–Crippen LogP) is 1.77.